The quantitative estimate of drug-likeness (QED) is 0.724. The molecule has 0 spiro atoms. The van der Waals surface area contributed by atoms with E-state index in [1.165, 1.54) is 31.0 Å². The fourth-order valence-corrected chi connectivity index (χ4v) is 2.51. The number of hydrogen-bond donors (Lipinski definition) is 2. The number of halogens is 1. The molecule has 1 amide bonds. The molecule has 1 fully saturated rings. The van der Waals surface area contributed by atoms with Gasteiger partial charge in [0.2, 0.25) is 5.91 Å². The molecule has 0 aliphatic heterocycles. The Morgan fingerprint density at radius 1 is 1.43 bits per heavy atom. The van der Waals surface area contributed by atoms with Gasteiger partial charge in [0.25, 0.3) is 0 Å². The Morgan fingerprint density at radius 3 is 2.81 bits per heavy atom. The molecule has 1 aliphatic carbocycles. The molecular formula is C16H24FN3O. The van der Waals surface area contributed by atoms with Gasteiger partial charge in [-0.2, -0.15) is 0 Å². The Bertz CT molecular complexity index is 488. The second-order valence-corrected chi connectivity index (χ2v) is 5.65. The zero-order valence-corrected chi connectivity index (χ0v) is 12.6. The second kappa shape index (κ2) is 7.41. The molecule has 1 aliphatic rings. The van der Waals surface area contributed by atoms with E-state index in [9.17, 15) is 9.18 Å². The van der Waals surface area contributed by atoms with E-state index in [4.69, 9.17) is 5.73 Å². The highest BCUT2D eigenvalue weighted by atomic mass is 19.1. The van der Waals surface area contributed by atoms with Crippen LogP contribution in [0.15, 0.2) is 18.2 Å². The average molecular weight is 293 g/mol. The van der Waals surface area contributed by atoms with Gasteiger partial charge in [0, 0.05) is 12.5 Å². The Hall–Kier alpha value is -1.62. The fraction of sp³-hybridized carbons (Fsp3) is 0.562. The average Bonchev–Trinajstić information content (AvgIpc) is 3.25. The van der Waals surface area contributed by atoms with Gasteiger partial charge in [-0.05, 0) is 57.0 Å². The van der Waals surface area contributed by atoms with Crippen LogP contribution in [0.3, 0.4) is 0 Å². The lowest BCUT2D eigenvalue weighted by Crippen LogP contribution is -2.28. The molecule has 1 aromatic rings. The minimum Gasteiger partial charge on any atom is -0.397 e. The predicted molar refractivity (Wildman–Crippen MR) is 83.6 cm³/mol. The molecule has 116 valence electrons. The van der Waals surface area contributed by atoms with Gasteiger partial charge in [0.05, 0.1) is 11.4 Å². The van der Waals surface area contributed by atoms with Gasteiger partial charge in [-0.1, -0.05) is 6.92 Å². The van der Waals surface area contributed by atoms with Crippen LogP contribution in [-0.2, 0) is 4.79 Å². The lowest BCUT2D eigenvalue weighted by atomic mass is 10.2. The zero-order valence-electron chi connectivity index (χ0n) is 12.6. The van der Waals surface area contributed by atoms with Crippen molar-refractivity contribution in [1.82, 2.24) is 4.90 Å². The van der Waals surface area contributed by atoms with Crippen molar-refractivity contribution in [3.8, 4) is 0 Å². The Balaban J connectivity index is 1.74. The minimum absolute atomic E-state index is 0.0689. The standard InChI is InChI=1S/C16H24FN3O/c1-2-9-20(13-6-7-13)10-3-4-16(21)19-15-8-5-12(17)11-14(15)18/h5,8,11,13H,2-4,6-7,9-10,18H2,1H3,(H,19,21). The maximum absolute atomic E-state index is 12.9. The van der Waals surface area contributed by atoms with Crippen molar-refractivity contribution >= 4 is 17.3 Å². The topological polar surface area (TPSA) is 58.4 Å². The second-order valence-electron chi connectivity index (χ2n) is 5.65. The number of amides is 1. The van der Waals surface area contributed by atoms with E-state index in [-0.39, 0.29) is 11.6 Å². The summed E-state index contributed by atoms with van der Waals surface area (Å²) in [5.74, 6) is -0.467. The summed E-state index contributed by atoms with van der Waals surface area (Å²) < 4.78 is 12.9. The van der Waals surface area contributed by atoms with Crippen LogP contribution >= 0.6 is 0 Å². The number of anilines is 2. The molecule has 1 aromatic carbocycles. The van der Waals surface area contributed by atoms with Crippen LogP contribution in [0.25, 0.3) is 0 Å². The zero-order chi connectivity index (χ0) is 15.2. The monoisotopic (exact) mass is 293 g/mol. The predicted octanol–water partition coefficient (Wildman–Crippen LogP) is 3.00. The first kappa shape index (κ1) is 15.8. The molecule has 0 saturated heterocycles. The van der Waals surface area contributed by atoms with E-state index < -0.39 is 5.82 Å². The van der Waals surface area contributed by atoms with Gasteiger partial charge in [-0.25, -0.2) is 4.39 Å². The Kier molecular flexibility index (Phi) is 5.56. The number of carbonyl (C=O) groups is 1. The van der Waals surface area contributed by atoms with E-state index in [0.717, 1.165) is 32.0 Å². The summed E-state index contributed by atoms with van der Waals surface area (Å²) in [5.41, 5.74) is 6.41. The maximum Gasteiger partial charge on any atom is 0.224 e. The van der Waals surface area contributed by atoms with Crippen LogP contribution in [0, 0.1) is 5.82 Å². The molecule has 1 saturated carbocycles. The highest BCUT2D eigenvalue weighted by Crippen LogP contribution is 2.27. The molecule has 0 atom stereocenters. The molecule has 0 aromatic heterocycles. The molecular weight excluding hydrogens is 269 g/mol. The van der Waals surface area contributed by atoms with Crippen LogP contribution in [-0.4, -0.2) is 29.9 Å². The van der Waals surface area contributed by atoms with Crippen molar-refractivity contribution < 1.29 is 9.18 Å². The van der Waals surface area contributed by atoms with E-state index in [1.807, 2.05) is 0 Å². The van der Waals surface area contributed by atoms with Gasteiger partial charge in [0.1, 0.15) is 5.82 Å². The third-order valence-corrected chi connectivity index (χ3v) is 3.71. The first-order valence-corrected chi connectivity index (χ1v) is 7.69. The van der Waals surface area contributed by atoms with Gasteiger partial charge in [-0.15, -0.1) is 0 Å². The van der Waals surface area contributed by atoms with Crippen LogP contribution in [0.4, 0.5) is 15.8 Å². The van der Waals surface area contributed by atoms with Gasteiger partial charge in [0.15, 0.2) is 0 Å². The summed E-state index contributed by atoms with van der Waals surface area (Å²) >= 11 is 0. The number of rotatable bonds is 8. The molecule has 2 rings (SSSR count). The smallest absolute Gasteiger partial charge is 0.224 e. The first-order valence-electron chi connectivity index (χ1n) is 7.69. The number of nitrogens with zero attached hydrogens (tertiary/aromatic N) is 1. The van der Waals surface area contributed by atoms with Crippen molar-refractivity contribution in [2.75, 3.05) is 24.1 Å². The van der Waals surface area contributed by atoms with Crippen LogP contribution in [0.2, 0.25) is 0 Å². The molecule has 21 heavy (non-hydrogen) atoms. The molecule has 5 heteroatoms. The van der Waals surface area contributed by atoms with Crippen molar-refractivity contribution in [3.05, 3.63) is 24.0 Å². The summed E-state index contributed by atoms with van der Waals surface area (Å²) in [6.07, 6.45) is 5.03. The van der Waals surface area contributed by atoms with Gasteiger partial charge < -0.3 is 16.0 Å². The summed E-state index contributed by atoms with van der Waals surface area (Å²) in [6.45, 7) is 4.25. The van der Waals surface area contributed by atoms with Crippen molar-refractivity contribution in [3.63, 3.8) is 0 Å². The highest BCUT2D eigenvalue weighted by Gasteiger charge is 2.27. The van der Waals surface area contributed by atoms with Crippen molar-refractivity contribution in [2.45, 2.75) is 45.1 Å². The third kappa shape index (κ3) is 5.01. The number of carbonyl (C=O) groups excluding carboxylic acids is 1. The van der Waals surface area contributed by atoms with E-state index in [1.54, 1.807) is 0 Å². The molecule has 0 radical (unpaired) electrons. The summed E-state index contributed by atoms with van der Waals surface area (Å²) in [7, 11) is 0. The van der Waals surface area contributed by atoms with E-state index >= 15 is 0 Å². The number of hydrogen-bond acceptors (Lipinski definition) is 3. The normalized spacial score (nSPS) is 14.4. The lowest BCUT2D eigenvalue weighted by Gasteiger charge is -2.20. The summed E-state index contributed by atoms with van der Waals surface area (Å²) in [5, 5.41) is 2.74. The molecule has 4 nitrogen and oxygen atoms in total. The largest absolute Gasteiger partial charge is 0.397 e. The number of nitrogens with two attached hydrogens (primary N) is 1. The van der Waals surface area contributed by atoms with Crippen molar-refractivity contribution in [1.29, 1.82) is 0 Å². The molecule has 3 N–H and O–H groups in total. The molecule has 0 heterocycles. The Morgan fingerprint density at radius 2 is 2.19 bits per heavy atom. The highest BCUT2D eigenvalue weighted by molar-refractivity contribution is 5.93. The van der Waals surface area contributed by atoms with Crippen LogP contribution in [0.5, 0.6) is 0 Å². The van der Waals surface area contributed by atoms with Crippen LogP contribution < -0.4 is 11.1 Å². The summed E-state index contributed by atoms with van der Waals surface area (Å²) in [4.78, 5) is 14.4. The van der Waals surface area contributed by atoms with Gasteiger partial charge in [-0.3, -0.25) is 4.79 Å². The SMILES string of the molecule is CCCN(CCCC(=O)Nc1ccc(F)cc1N)C1CC1. The minimum atomic E-state index is -0.398. The maximum atomic E-state index is 12.9. The van der Waals surface area contributed by atoms with Crippen molar-refractivity contribution in [2.24, 2.45) is 0 Å². The van der Waals surface area contributed by atoms with E-state index in [2.05, 4.69) is 17.1 Å². The molecule has 0 bridgehead atoms. The van der Waals surface area contributed by atoms with E-state index in [0.29, 0.717) is 12.1 Å². The van der Waals surface area contributed by atoms with Crippen LogP contribution in [0.1, 0.15) is 39.0 Å². The number of nitrogens with one attached hydrogen (secondary N) is 1. The van der Waals surface area contributed by atoms with Gasteiger partial charge >= 0.3 is 0 Å². The number of benzene rings is 1. The Labute approximate surface area is 125 Å². The fourth-order valence-electron chi connectivity index (χ4n) is 2.51. The lowest BCUT2D eigenvalue weighted by molar-refractivity contribution is -0.116. The number of nitrogen functional groups attached to an aromatic ring is 1. The first-order chi connectivity index (χ1) is 10.1. The molecule has 0 unspecified atom stereocenters. The third-order valence-electron chi connectivity index (χ3n) is 3.71. The summed E-state index contributed by atoms with van der Waals surface area (Å²) in [6, 6.07) is 4.74.